The van der Waals surface area contributed by atoms with Gasteiger partial charge in [0.05, 0.1) is 24.4 Å². The van der Waals surface area contributed by atoms with Gasteiger partial charge in [0, 0.05) is 19.2 Å². The molecule has 1 aromatic heterocycles. The maximum absolute atomic E-state index is 12.0. The van der Waals surface area contributed by atoms with Gasteiger partial charge in [0.1, 0.15) is 6.61 Å². The highest BCUT2D eigenvalue weighted by Gasteiger charge is 2.32. The molecular weight excluding hydrogens is 300 g/mol. The lowest BCUT2D eigenvalue weighted by molar-refractivity contribution is -0.122. The molecule has 4 N–H and O–H groups in total. The average molecular weight is 322 g/mol. The molecule has 0 aliphatic heterocycles. The van der Waals surface area contributed by atoms with Gasteiger partial charge in [0.25, 0.3) is 0 Å². The van der Waals surface area contributed by atoms with Gasteiger partial charge in [-0.2, -0.15) is 0 Å². The summed E-state index contributed by atoms with van der Waals surface area (Å²) in [4.78, 5) is 27.4. The fraction of sp³-hybridized carbons (Fsp3) is 0.533. The third kappa shape index (κ3) is 5.10. The van der Waals surface area contributed by atoms with Crippen molar-refractivity contribution >= 4 is 17.6 Å². The van der Waals surface area contributed by atoms with E-state index in [4.69, 9.17) is 15.2 Å². The van der Waals surface area contributed by atoms with Crippen molar-refractivity contribution in [3.8, 4) is 5.88 Å². The summed E-state index contributed by atoms with van der Waals surface area (Å²) in [6, 6.07) is 2.76. The summed E-state index contributed by atoms with van der Waals surface area (Å²) in [6.45, 7) is 0.888. The third-order valence-corrected chi connectivity index (χ3v) is 3.73. The summed E-state index contributed by atoms with van der Waals surface area (Å²) < 4.78 is 10.2. The lowest BCUT2D eigenvalue weighted by Gasteiger charge is -2.18. The highest BCUT2D eigenvalue weighted by Crippen LogP contribution is 2.25. The molecule has 8 nitrogen and oxygen atoms in total. The van der Waals surface area contributed by atoms with Crippen molar-refractivity contribution in [1.82, 2.24) is 10.3 Å². The zero-order valence-corrected chi connectivity index (χ0v) is 13.1. The van der Waals surface area contributed by atoms with E-state index in [9.17, 15) is 9.59 Å². The van der Waals surface area contributed by atoms with Gasteiger partial charge in [-0.3, -0.25) is 4.79 Å². The molecule has 1 saturated carbocycles. The van der Waals surface area contributed by atoms with Crippen LogP contribution in [0.2, 0.25) is 0 Å². The molecule has 2 rings (SSSR count). The van der Waals surface area contributed by atoms with E-state index in [1.54, 1.807) is 19.2 Å². The van der Waals surface area contributed by atoms with Crippen LogP contribution in [-0.4, -0.2) is 43.3 Å². The van der Waals surface area contributed by atoms with Crippen LogP contribution in [0, 0.1) is 5.92 Å². The van der Waals surface area contributed by atoms with Crippen molar-refractivity contribution in [1.29, 1.82) is 0 Å². The van der Waals surface area contributed by atoms with E-state index in [0.717, 1.165) is 19.3 Å². The Bertz CT molecular complexity index is 535. The SMILES string of the molecule is COCCOc1ccc(NC(=O)NC2CCCC2C(N)=O)cn1. The van der Waals surface area contributed by atoms with E-state index in [-0.39, 0.29) is 23.9 Å². The number of urea groups is 1. The van der Waals surface area contributed by atoms with Gasteiger partial charge in [-0.15, -0.1) is 0 Å². The molecule has 2 unspecified atom stereocenters. The Hall–Kier alpha value is -2.35. The number of hydrogen-bond donors (Lipinski definition) is 3. The van der Waals surface area contributed by atoms with E-state index in [1.165, 1.54) is 6.20 Å². The predicted molar refractivity (Wildman–Crippen MR) is 84.1 cm³/mol. The van der Waals surface area contributed by atoms with Gasteiger partial charge in [0.15, 0.2) is 0 Å². The molecule has 0 radical (unpaired) electrons. The molecule has 8 heteroatoms. The van der Waals surface area contributed by atoms with Crippen LogP contribution < -0.4 is 21.1 Å². The zero-order valence-electron chi connectivity index (χ0n) is 13.1. The van der Waals surface area contributed by atoms with Gasteiger partial charge in [0.2, 0.25) is 11.8 Å². The van der Waals surface area contributed by atoms with Crippen molar-refractivity contribution in [3.63, 3.8) is 0 Å². The number of primary amides is 1. The van der Waals surface area contributed by atoms with Gasteiger partial charge in [-0.25, -0.2) is 9.78 Å². The van der Waals surface area contributed by atoms with Gasteiger partial charge in [-0.05, 0) is 18.9 Å². The lowest BCUT2D eigenvalue weighted by atomic mass is 10.0. The molecule has 23 heavy (non-hydrogen) atoms. The smallest absolute Gasteiger partial charge is 0.319 e. The number of ether oxygens (including phenoxy) is 2. The first-order valence-electron chi connectivity index (χ1n) is 7.54. The number of nitrogens with one attached hydrogen (secondary N) is 2. The number of carbonyl (C=O) groups excluding carboxylic acids is 2. The Balaban J connectivity index is 1.82. The second-order valence-electron chi connectivity index (χ2n) is 5.37. The molecule has 126 valence electrons. The number of nitrogens with zero attached hydrogens (tertiary/aromatic N) is 1. The maximum Gasteiger partial charge on any atom is 0.319 e. The van der Waals surface area contributed by atoms with Crippen LogP contribution in [0.1, 0.15) is 19.3 Å². The summed E-state index contributed by atoms with van der Waals surface area (Å²) in [5.74, 6) is -0.208. The first kappa shape index (κ1) is 17.0. The Kier molecular flexibility index (Phi) is 6.16. The minimum absolute atomic E-state index is 0.211. The summed E-state index contributed by atoms with van der Waals surface area (Å²) in [5, 5.41) is 5.47. The van der Waals surface area contributed by atoms with E-state index in [0.29, 0.717) is 24.8 Å². The molecule has 1 aliphatic carbocycles. The van der Waals surface area contributed by atoms with Crippen molar-refractivity contribution in [3.05, 3.63) is 18.3 Å². The summed E-state index contributed by atoms with van der Waals surface area (Å²) in [6.07, 6.45) is 3.86. The van der Waals surface area contributed by atoms with Gasteiger partial charge in [-0.1, -0.05) is 6.42 Å². The van der Waals surface area contributed by atoms with Gasteiger partial charge < -0.3 is 25.8 Å². The lowest BCUT2D eigenvalue weighted by Crippen LogP contribution is -2.44. The van der Waals surface area contributed by atoms with Crippen LogP contribution in [0.5, 0.6) is 5.88 Å². The topological polar surface area (TPSA) is 116 Å². The van der Waals surface area contributed by atoms with Crippen molar-refractivity contribution in [2.75, 3.05) is 25.6 Å². The van der Waals surface area contributed by atoms with E-state index in [2.05, 4.69) is 15.6 Å². The molecule has 1 aliphatic rings. The molecule has 1 heterocycles. The number of carbonyl (C=O) groups is 2. The Morgan fingerprint density at radius 3 is 2.83 bits per heavy atom. The van der Waals surface area contributed by atoms with E-state index in [1.807, 2.05) is 0 Å². The van der Waals surface area contributed by atoms with Crippen LogP contribution in [0.25, 0.3) is 0 Å². The minimum atomic E-state index is -0.377. The number of rotatable bonds is 7. The minimum Gasteiger partial charge on any atom is -0.475 e. The number of anilines is 1. The summed E-state index contributed by atoms with van der Waals surface area (Å²) in [5.41, 5.74) is 5.88. The Morgan fingerprint density at radius 1 is 1.35 bits per heavy atom. The first-order valence-corrected chi connectivity index (χ1v) is 7.54. The Morgan fingerprint density at radius 2 is 2.17 bits per heavy atom. The third-order valence-electron chi connectivity index (χ3n) is 3.73. The predicted octanol–water partition coefficient (Wildman–Crippen LogP) is 0.882. The fourth-order valence-electron chi connectivity index (χ4n) is 2.58. The second-order valence-corrected chi connectivity index (χ2v) is 5.37. The average Bonchev–Trinajstić information content (AvgIpc) is 2.97. The molecule has 1 fully saturated rings. The number of aromatic nitrogens is 1. The van der Waals surface area contributed by atoms with E-state index >= 15 is 0 Å². The van der Waals surface area contributed by atoms with Crippen molar-refractivity contribution < 1.29 is 19.1 Å². The number of amides is 3. The Labute approximate surface area is 134 Å². The normalized spacial score (nSPS) is 20.0. The standard InChI is InChI=1S/C15H22N4O4/c1-22-7-8-23-13-6-5-10(9-17-13)18-15(21)19-12-4-2-3-11(12)14(16)20/h5-6,9,11-12H,2-4,7-8H2,1H3,(H2,16,20)(H2,18,19,21). The van der Waals surface area contributed by atoms with Crippen molar-refractivity contribution in [2.45, 2.75) is 25.3 Å². The molecule has 0 bridgehead atoms. The second kappa shape index (κ2) is 8.33. The number of methoxy groups -OCH3 is 1. The molecule has 2 atom stereocenters. The fourth-order valence-corrected chi connectivity index (χ4v) is 2.58. The summed E-state index contributed by atoms with van der Waals surface area (Å²) >= 11 is 0. The molecule has 0 saturated heterocycles. The number of nitrogens with two attached hydrogens (primary N) is 1. The van der Waals surface area contributed by atoms with Crippen LogP contribution in [0.3, 0.4) is 0 Å². The highest BCUT2D eigenvalue weighted by atomic mass is 16.5. The summed E-state index contributed by atoms with van der Waals surface area (Å²) in [7, 11) is 1.59. The van der Waals surface area contributed by atoms with Crippen molar-refractivity contribution in [2.24, 2.45) is 11.7 Å². The largest absolute Gasteiger partial charge is 0.475 e. The molecular formula is C15H22N4O4. The monoisotopic (exact) mass is 322 g/mol. The molecule has 0 spiro atoms. The van der Waals surface area contributed by atoms with E-state index < -0.39 is 0 Å². The first-order chi connectivity index (χ1) is 11.1. The molecule has 3 amide bonds. The quantitative estimate of drug-likeness (QED) is 0.645. The molecule has 1 aromatic rings. The highest BCUT2D eigenvalue weighted by molar-refractivity contribution is 5.90. The zero-order chi connectivity index (χ0) is 16.7. The number of hydrogen-bond acceptors (Lipinski definition) is 5. The van der Waals surface area contributed by atoms with Crippen LogP contribution >= 0.6 is 0 Å². The van der Waals surface area contributed by atoms with Gasteiger partial charge >= 0.3 is 6.03 Å². The maximum atomic E-state index is 12.0. The number of pyridine rings is 1. The van der Waals surface area contributed by atoms with Crippen LogP contribution in [-0.2, 0) is 9.53 Å². The van der Waals surface area contributed by atoms with Crippen LogP contribution in [0.15, 0.2) is 18.3 Å². The van der Waals surface area contributed by atoms with Crippen LogP contribution in [0.4, 0.5) is 10.5 Å². The molecule has 0 aromatic carbocycles.